The van der Waals surface area contributed by atoms with Gasteiger partial charge >= 0.3 is 0 Å². The minimum atomic E-state index is 0.394. The summed E-state index contributed by atoms with van der Waals surface area (Å²) in [6.45, 7) is 5.04. The van der Waals surface area contributed by atoms with Gasteiger partial charge in [0.15, 0.2) is 0 Å². The van der Waals surface area contributed by atoms with Crippen LogP contribution < -0.4 is 5.32 Å². The number of anilines is 1. The number of hydrogen-bond acceptors (Lipinski definition) is 2. The largest absolute Gasteiger partial charge is 0.508 e. The molecule has 0 radical (unpaired) electrons. The van der Waals surface area contributed by atoms with E-state index in [-0.39, 0.29) is 0 Å². The van der Waals surface area contributed by atoms with Gasteiger partial charge in [-0.1, -0.05) is 32.1 Å². The molecule has 2 N–H and O–H groups in total. The molecule has 1 aromatic rings. The first-order chi connectivity index (χ1) is 8.66. The number of nitrogens with one attached hydrogen (secondary N) is 1. The monoisotopic (exact) mass is 247 g/mol. The highest BCUT2D eigenvalue weighted by Crippen LogP contribution is 2.28. The van der Waals surface area contributed by atoms with E-state index in [0.717, 1.165) is 23.6 Å². The molecular formula is C16H25NO. The molecule has 0 aliphatic heterocycles. The van der Waals surface area contributed by atoms with Crippen LogP contribution in [-0.4, -0.2) is 11.7 Å². The van der Waals surface area contributed by atoms with Crippen LogP contribution in [-0.2, 0) is 0 Å². The Morgan fingerprint density at radius 2 is 1.83 bits per heavy atom. The van der Waals surface area contributed by atoms with Crippen LogP contribution in [0.5, 0.6) is 5.75 Å². The molecule has 1 saturated carbocycles. The van der Waals surface area contributed by atoms with Gasteiger partial charge in [-0.25, -0.2) is 0 Å². The predicted octanol–water partition coefficient (Wildman–Crippen LogP) is 4.39. The number of aryl methyl sites for hydroxylation is 2. The van der Waals surface area contributed by atoms with E-state index in [0.29, 0.717) is 5.75 Å². The summed E-state index contributed by atoms with van der Waals surface area (Å²) in [5, 5.41) is 13.1. The lowest BCUT2D eigenvalue weighted by Gasteiger charge is -2.22. The minimum absolute atomic E-state index is 0.394. The summed E-state index contributed by atoms with van der Waals surface area (Å²) in [5.74, 6) is 1.31. The van der Waals surface area contributed by atoms with E-state index in [1.165, 1.54) is 44.2 Å². The molecule has 0 atom stereocenters. The summed E-state index contributed by atoms with van der Waals surface area (Å²) in [6.07, 6.45) is 8.37. The van der Waals surface area contributed by atoms with Gasteiger partial charge in [0.05, 0.1) is 0 Å². The van der Waals surface area contributed by atoms with Crippen molar-refractivity contribution in [1.82, 2.24) is 0 Å². The first-order valence-electron chi connectivity index (χ1n) is 7.21. The topological polar surface area (TPSA) is 32.3 Å². The Morgan fingerprint density at radius 1 is 1.11 bits per heavy atom. The van der Waals surface area contributed by atoms with Gasteiger partial charge in [0.1, 0.15) is 5.75 Å². The van der Waals surface area contributed by atoms with Crippen LogP contribution in [0.4, 0.5) is 5.69 Å². The van der Waals surface area contributed by atoms with E-state index in [1.807, 2.05) is 26.0 Å². The molecule has 18 heavy (non-hydrogen) atoms. The van der Waals surface area contributed by atoms with E-state index < -0.39 is 0 Å². The Bertz CT molecular complexity index is 394. The van der Waals surface area contributed by atoms with Gasteiger partial charge in [-0.15, -0.1) is 0 Å². The molecule has 2 nitrogen and oxygen atoms in total. The lowest BCUT2D eigenvalue weighted by atomic mass is 9.87. The summed E-state index contributed by atoms with van der Waals surface area (Å²) in [5.41, 5.74) is 3.24. The van der Waals surface area contributed by atoms with Gasteiger partial charge in [-0.3, -0.25) is 0 Å². The van der Waals surface area contributed by atoms with Crippen molar-refractivity contribution in [2.45, 2.75) is 52.4 Å². The number of phenols is 1. The average Bonchev–Trinajstić information content (AvgIpc) is 2.37. The van der Waals surface area contributed by atoms with Crippen molar-refractivity contribution in [3.8, 4) is 5.75 Å². The highest BCUT2D eigenvalue weighted by Gasteiger charge is 2.12. The SMILES string of the molecule is Cc1cc(NCCC2CCCCC2)c(C)cc1O. The number of phenolic OH excluding ortho intramolecular Hbond substituents is 1. The molecule has 0 heterocycles. The molecule has 100 valence electrons. The summed E-state index contributed by atoms with van der Waals surface area (Å²) in [7, 11) is 0. The minimum Gasteiger partial charge on any atom is -0.508 e. The second kappa shape index (κ2) is 6.12. The third-order valence-corrected chi connectivity index (χ3v) is 4.14. The fourth-order valence-electron chi connectivity index (χ4n) is 2.88. The predicted molar refractivity (Wildman–Crippen MR) is 77.3 cm³/mol. The van der Waals surface area contributed by atoms with Crippen molar-refractivity contribution >= 4 is 5.69 Å². The summed E-state index contributed by atoms with van der Waals surface area (Å²) >= 11 is 0. The molecule has 0 unspecified atom stereocenters. The van der Waals surface area contributed by atoms with Crippen LogP contribution in [0.1, 0.15) is 49.7 Å². The Labute approximate surface area is 110 Å². The highest BCUT2D eigenvalue weighted by atomic mass is 16.3. The molecule has 1 aliphatic rings. The first-order valence-corrected chi connectivity index (χ1v) is 7.21. The fourth-order valence-corrected chi connectivity index (χ4v) is 2.88. The van der Waals surface area contributed by atoms with Crippen LogP contribution in [0.25, 0.3) is 0 Å². The summed E-state index contributed by atoms with van der Waals surface area (Å²) < 4.78 is 0. The van der Waals surface area contributed by atoms with Crippen molar-refractivity contribution in [3.05, 3.63) is 23.3 Å². The number of rotatable bonds is 4. The fraction of sp³-hybridized carbons (Fsp3) is 0.625. The van der Waals surface area contributed by atoms with E-state index >= 15 is 0 Å². The van der Waals surface area contributed by atoms with Gasteiger partial charge in [0.25, 0.3) is 0 Å². The average molecular weight is 247 g/mol. The van der Waals surface area contributed by atoms with E-state index in [2.05, 4.69) is 5.32 Å². The van der Waals surface area contributed by atoms with Crippen molar-refractivity contribution in [2.75, 3.05) is 11.9 Å². The van der Waals surface area contributed by atoms with Crippen molar-refractivity contribution < 1.29 is 5.11 Å². The van der Waals surface area contributed by atoms with Crippen LogP contribution in [0, 0.1) is 19.8 Å². The Kier molecular flexibility index (Phi) is 4.51. The lowest BCUT2D eigenvalue weighted by Crippen LogP contribution is -2.12. The van der Waals surface area contributed by atoms with Gasteiger partial charge < -0.3 is 10.4 Å². The maximum Gasteiger partial charge on any atom is 0.118 e. The van der Waals surface area contributed by atoms with Crippen LogP contribution in [0.3, 0.4) is 0 Å². The van der Waals surface area contributed by atoms with Gasteiger partial charge in [0.2, 0.25) is 0 Å². The standard InChI is InChI=1S/C16H25NO/c1-12-11-16(18)13(2)10-15(12)17-9-8-14-6-4-3-5-7-14/h10-11,14,17-18H,3-9H2,1-2H3. The Hall–Kier alpha value is -1.18. The molecule has 2 rings (SSSR count). The Balaban J connectivity index is 1.84. The molecule has 0 bridgehead atoms. The van der Waals surface area contributed by atoms with Crippen molar-refractivity contribution in [2.24, 2.45) is 5.92 Å². The van der Waals surface area contributed by atoms with Crippen LogP contribution in [0.15, 0.2) is 12.1 Å². The zero-order chi connectivity index (χ0) is 13.0. The number of benzene rings is 1. The normalized spacial score (nSPS) is 16.8. The number of hydrogen-bond donors (Lipinski definition) is 2. The van der Waals surface area contributed by atoms with Crippen LogP contribution in [0.2, 0.25) is 0 Å². The third-order valence-electron chi connectivity index (χ3n) is 4.14. The maximum absolute atomic E-state index is 9.63. The van der Waals surface area contributed by atoms with Crippen LogP contribution >= 0.6 is 0 Å². The third kappa shape index (κ3) is 3.41. The van der Waals surface area contributed by atoms with E-state index in [4.69, 9.17) is 0 Å². The molecule has 0 saturated heterocycles. The first kappa shape index (κ1) is 13.3. The molecule has 2 heteroatoms. The molecule has 1 aromatic carbocycles. The van der Waals surface area contributed by atoms with Crippen molar-refractivity contribution in [1.29, 1.82) is 0 Å². The smallest absolute Gasteiger partial charge is 0.118 e. The summed E-state index contributed by atoms with van der Waals surface area (Å²) in [4.78, 5) is 0. The second-order valence-corrected chi connectivity index (χ2v) is 5.67. The molecule has 1 aliphatic carbocycles. The Morgan fingerprint density at radius 3 is 2.56 bits per heavy atom. The number of aromatic hydroxyl groups is 1. The van der Waals surface area contributed by atoms with Gasteiger partial charge in [0, 0.05) is 12.2 Å². The van der Waals surface area contributed by atoms with Gasteiger partial charge in [-0.05, 0) is 49.4 Å². The lowest BCUT2D eigenvalue weighted by molar-refractivity contribution is 0.345. The molecule has 0 aromatic heterocycles. The molecule has 0 amide bonds. The zero-order valence-electron chi connectivity index (χ0n) is 11.6. The molecular weight excluding hydrogens is 222 g/mol. The summed E-state index contributed by atoms with van der Waals surface area (Å²) in [6, 6.07) is 3.89. The zero-order valence-corrected chi connectivity index (χ0v) is 11.6. The van der Waals surface area contributed by atoms with E-state index in [1.54, 1.807) is 0 Å². The molecule has 1 fully saturated rings. The highest BCUT2D eigenvalue weighted by molar-refractivity contribution is 5.56. The quantitative estimate of drug-likeness (QED) is 0.773. The van der Waals surface area contributed by atoms with Gasteiger partial charge in [-0.2, -0.15) is 0 Å². The maximum atomic E-state index is 9.63. The van der Waals surface area contributed by atoms with E-state index in [9.17, 15) is 5.11 Å². The molecule has 0 spiro atoms. The van der Waals surface area contributed by atoms with Crippen molar-refractivity contribution in [3.63, 3.8) is 0 Å². The second-order valence-electron chi connectivity index (χ2n) is 5.67.